The summed E-state index contributed by atoms with van der Waals surface area (Å²) in [7, 11) is 0. The first-order chi connectivity index (χ1) is 7.13. The van der Waals surface area contributed by atoms with Gasteiger partial charge in [-0.3, -0.25) is 0 Å². The van der Waals surface area contributed by atoms with Crippen molar-refractivity contribution in [2.45, 2.75) is 47.0 Å². The third kappa shape index (κ3) is 13.9. The molecule has 0 aliphatic heterocycles. The third-order valence-corrected chi connectivity index (χ3v) is 2.31. The van der Waals surface area contributed by atoms with Gasteiger partial charge in [0.25, 0.3) is 0 Å². The monoisotopic (exact) mass is 214 g/mol. The zero-order valence-electron chi connectivity index (χ0n) is 11.1. The first-order valence-corrected chi connectivity index (χ1v) is 6.54. The summed E-state index contributed by atoms with van der Waals surface area (Å²) in [5, 5.41) is 6.95. The van der Waals surface area contributed by atoms with Crippen LogP contribution >= 0.6 is 0 Å². The molecule has 2 nitrogen and oxygen atoms in total. The molecule has 0 atom stereocenters. The van der Waals surface area contributed by atoms with E-state index in [1.807, 2.05) is 0 Å². The van der Waals surface area contributed by atoms with Gasteiger partial charge in [0, 0.05) is 0 Å². The minimum Gasteiger partial charge on any atom is -0.316 e. The first-order valence-electron chi connectivity index (χ1n) is 6.54. The molecule has 0 amide bonds. The highest BCUT2D eigenvalue weighted by atomic mass is 14.9. The topological polar surface area (TPSA) is 24.1 Å². The predicted octanol–water partition coefficient (Wildman–Crippen LogP) is 2.65. The average Bonchev–Trinajstić information content (AvgIpc) is 2.14. The van der Waals surface area contributed by atoms with Gasteiger partial charge in [0.1, 0.15) is 0 Å². The van der Waals surface area contributed by atoms with Gasteiger partial charge in [-0.1, -0.05) is 34.1 Å². The Morgan fingerprint density at radius 3 is 1.40 bits per heavy atom. The number of hydrogen-bond acceptors (Lipinski definition) is 2. The Bertz CT molecular complexity index is 108. The van der Waals surface area contributed by atoms with Crippen LogP contribution in [0.4, 0.5) is 0 Å². The fourth-order valence-electron chi connectivity index (χ4n) is 1.46. The van der Waals surface area contributed by atoms with Crippen LogP contribution in [0, 0.1) is 11.8 Å². The van der Waals surface area contributed by atoms with Crippen molar-refractivity contribution in [1.29, 1.82) is 0 Å². The van der Waals surface area contributed by atoms with Crippen LogP contribution in [0.3, 0.4) is 0 Å². The molecule has 92 valence electrons. The average molecular weight is 214 g/mol. The second-order valence-electron chi connectivity index (χ2n) is 5.26. The van der Waals surface area contributed by atoms with Gasteiger partial charge < -0.3 is 10.6 Å². The molecule has 0 rings (SSSR count). The van der Waals surface area contributed by atoms with Gasteiger partial charge in [0.2, 0.25) is 0 Å². The molecular formula is C13H30N2. The predicted molar refractivity (Wildman–Crippen MR) is 69.3 cm³/mol. The van der Waals surface area contributed by atoms with Crippen molar-refractivity contribution >= 4 is 0 Å². The Balaban J connectivity index is 2.93. The van der Waals surface area contributed by atoms with Gasteiger partial charge in [0.05, 0.1) is 0 Å². The maximum absolute atomic E-state index is 3.47. The molecule has 0 bridgehead atoms. The van der Waals surface area contributed by atoms with Gasteiger partial charge in [-0.05, 0) is 50.9 Å². The van der Waals surface area contributed by atoms with E-state index in [0.717, 1.165) is 24.9 Å². The van der Waals surface area contributed by atoms with E-state index in [9.17, 15) is 0 Å². The van der Waals surface area contributed by atoms with Gasteiger partial charge in [-0.15, -0.1) is 0 Å². The van der Waals surface area contributed by atoms with Gasteiger partial charge in [-0.2, -0.15) is 0 Å². The molecule has 0 fully saturated rings. The Kier molecular flexibility index (Phi) is 10.4. The summed E-state index contributed by atoms with van der Waals surface area (Å²) < 4.78 is 0. The summed E-state index contributed by atoms with van der Waals surface area (Å²) in [6.45, 7) is 13.7. The fourth-order valence-corrected chi connectivity index (χ4v) is 1.46. The lowest BCUT2D eigenvalue weighted by Crippen LogP contribution is -2.22. The zero-order chi connectivity index (χ0) is 11.5. The second kappa shape index (κ2) is 10.4. The summed E-state index contributed by atoms with van der Waals surface area (Å²) in [5.41, 5.74) is 0. The van der Waals surface area contributed by atoms with Crippen molar-refractivity contribution in [1.82, 2.24) is 10.6 Å². The molecule has 0 aromatic heterocycles. The summed E-state index contributed by atoms with van der Waals surface area (Å²) in [4.78, 5) is 0. The number of rotatable bonds is 10. The van der Waals surface area contributed by atoms with E-state index in [1.165, 1.54) is 32.4 Å². The maximum Gasteiger partial charge on any atom is -0.00258 e. The summed E-state index contributed by atoms with van der Waals surface area (Å²) >= 11 is 0. The van der Waals surface area contributed by atoms with E-state index >= 15 is 0 Å². The highest BCUT2D eigenvalue weighted by Gasteiger charge is 1.94. The third-order valence-electron chi connectivity index (χ3n) is 2.31. The minimum atomic E-state index is 0.776. The smallest absolute Gasteiger partial charge is 0.00258 e. The minimum absolute atomic E-state index is 0.776. The molecule has 2 N–H and O–H groups in total. The standard InChI is InChI=1S/C13H30N2/c1-12(2)10-14-8-6-5-7-9-15-11-13(3)4/h12-15H,5-11H2,1-4H3. The molecule has 0 saturated carbocycles. The number of hydrogen-bond donors (Lipinski definition) is 2. The summed E-state index contributed by atoms with van der Waals surface area (Å²) in [5.74, 6) is 1.55. The highest BCUT2D eigenvalue weighted by Crippen LogP contribution is 1.94. The van der Waals surface area contributed by atoms with Crippen LogP contribution in [0.25, 0.3) is 0 Å². The van der Waals surface area contributed by atoms with Gasteiger partial charge >= 0.3 is 0 Å². The normalized spacial score (nSPS) is 11.6. The lowest BCUT2D eigenvalue weighted by Gasteiger charge is -2.08. The van der Waals surface area contributed by atoms with Crippen molar-refractivity contribution in [2.24, 2.45) is 11.8 Å². The molecule has 0 aliphatic carbocycles. The van der Waals surface area contributed by atoms with E-state index in [-0.39, 0.29) is 0 Å². The largest absolute Gasteiger partial charge is 0.316 e. The molecule has 0 spiro atoms. The number of unbranched alkanes of at least 4 members (excludes halogenated alkanes) is 2. The molecule has 0 unspecified atom stereocenters. The van der Waals surface area contributed by atoms with Crippen molar-refractivity contribution in [2.75, 3.05) is 26.2 Å². The SMILES string of the molecule is CC(C)CNCCCCCNCC(C)C. The maximum atomic E-state index is 3.47. The van der Waals surface area contributed by atoms with Gasteiger partial charge in [-0.25, -0.2) is 0 Å². The van der Waals surface area contributed by atoms with Crippen molar-refractivity contribution in [3.63, 3.8) is 0 Å². The molecule has 15 heavy (non-hydrogen) atoms. The quantitative estimate of drug-likeness (QED) is 0.546. The Hall–Kier alpha value is -0.0800. The summed E-state index contributed by atoms with van der Waals surface area (Å²) in [6.07, 6.45) is 3.97. The lowest BCUT2D eigenvalue weighted by molar-refractivity contribution is 0.508. The van der Waals surface area contributed by atoms with Crippen molar-refractivity contribution < 1.29 is 0 Å². The van der Waals surface area contributed by atoms with Crippen molar-refractivity contribution in [3.05, 3.63) is 0 Å². The number of nitrogens with one attached hydrogen (secondary N) is 2. The Labute approximate surface area is 96.2 Å². The van der Waals surface area contributed by atoms with Crippen LogP contribution in [-0.2, 0) is 0 Å². The molecule has 0 radical (unpaired) electrons. The molecule has 0 aliphatic rings. The van der Waals surface area contributed by atoms with E-state index in [2.05, 4.69) is 38.3 Å². The molecule has 0 aromatic rings. The van der Waals surface area contributed by atoms with Crippen LogP contribution in [0.15, 0.2) is 0 Å². The fraction of sp³-hybridized carbons (Fsp3) is 1.00. The zero-order valence-corrected chi connectivity index (χ0v) is 11.1. The van der Waals surface area contributed by atoms with Crippen LogP contribution in [0.2, 0.25) is 0 Å². The Morgan fingerprint density at radius 2 is 1.07 bits per heavy atom. The molecule has 0 heterocycles. The van der Waals surface area contributed by atoms with Crippen LogP contribution in [0.5, 0.6) is 0 Å². The van der Waals surface area contributed by atoms with E-state index in [4.69, 9.17) is 0 Å². The van der Waals surface area contributed by atoms with Crippen LogP contribution in [0.1, 0.15) is 47.0 Å². The second-order valence-corrected chi connectivity index (χ2v) is 5.26. The molecular weight excluding hydrogens is 184 g/mol. The van der Waals surface area contributed by atoms with E-state index in [1.54, 1.807) is 0 Å². The van der Waals surface area contributed by atoms with E-state index < -0.39 is 0 Å². The molecule has 2 heteroatoms. The van der Waals surface area contributed by atoms with Crippen LogP contribution < -0.4 is 10.6 Å². The molecule has 0 aromatic carbocycles. The first kappa shape index (κ1) is 14.9. The van der Waals surface area contributed by atoms with Crippen LogP contribution in [-0.4, -0.2) is 26.2 Å². The van der Waals surface area contributed by atoms with E-state index in [0.29, 0.717) is 0 Å². The lowest BCUT2D eigenvalue weighted by atomic mass is 10.2. The summed E-state index contributed by atoms with van der Waals surface area (Å²) in [6, 6.07) is 0. The Morgan fingerprint density at radius 1 is 0.667 bits per heavy atom. The highest BCUT2D eigenvalue weighted by molar-refractivity contribution is 4.54. The molecule has 0 saturated heterocycles. The van der Waals surface area contributed by atoms with Gasteiger partial charge in [0.15, 0.2) is 0 Å². The van der Waals surface area contributed by atoms with Crippen molar-refractivity contribution in [3.8, 4) is 0 Å².